The second-order valence-electron chi connectivity index (χ2n) is 4.92. The van der Waals surface area contributed by atoms with Crippen LogP contribution in [0.15, 0.2) is 24.3 Å². The van der Waals surface area contributed by atoms with Crippen molar-refractivity contribution < 1.29 is 23.4 Å². The predicted octanol–water partition coefficient (Wildman–Crippen LogP) is 2.49. The molecular formula is C14H19F2NO3. The maximum Gasteiger partial charge on any atom is 0.387 e. The molecule has 0 heterocycles. The Morgan fingerprint density at radius 3 is 2.55 bits per heavy atom. The number of ether oxygens (including phenoxy) is 2. The molecule has 2 rings (SSSR count). The number of aliphatic hydroxyl groups excluding tert-OH is 1. The Labute approximate surface area is 116 Å². The topological polar surface area (TPSA) is 50.7 Å². The zero-order chi connectivity index (χ0) is 14.4. The van der Waals surface area contributed by atoms with Crippen molar-refractivity contribution in [3.63, 3.8) is 0 Å². The molecule has 6 heteroatoms. The number of aliphatic hydroxyl groups is 1. The van der Waals surface area contributed by atoms with Gasteiger partial charge in [-0.25, -0.2) is 0 Å². The second kappa shape index (κ2) is 7.40. The van der Waals surface area contributed by atoms with Crippen molar-refractivity contribution in [1.82, 2.24) is 0 Å². The van der Waals surface area contributed by atoms with E-state index in [2.05, 4.69) is 10.1 Å². The fourth-order valence-corrected chi connectivity index (χ4v) is 1.70. The highest BCUT2D eigenvalue weighted by molar-refractivity contribution is 5.46. The van der Waals surface area contributed by atoms with Gasteiger partial charge in [0.2, 0.25) is 0 Å². The lowest BCUT2D eigenvalue weighted by atomic mass is 10.3. The minimum absolute atomic E-state index is 0.110. The van der Waals surface area contributed by atoms with Crippen LogP contribution >= 0.6 is 0 Å². The van der Waals surface area contributed by atoms with Gasteiger partial charge >= 0.3 is 6.61 Å². The molecule has 0 spiro atoms. The molecule has 1 aromatic carbocycles. The van der Waals surface area contributed by atoms with Gasteiger partial charge in [-0.15, -0.1) is 0 Å². The van der Waals surface area contributed by atoms with Crippen molar-refractivity contribution in [2.75, 3.05) is 25.1 Å². The number of nitrogens with one attached hydrogen (secondary N) is 1. The summed E-state index contributed by atoms with van der Waals surface area (Å²) < 4.78 is 33.6. The molecule has 1 unspecified atom stereocenters. The third-order valence-corrected chi connectivity index (χ3v) is 2.98. The van der Waals surface area contributed by atoms with Crippen molar-refractivity contribution in [2.45, 2.75) is 25.6 Å². The number of hydrogen-bond donors (Lipinski definition) is 2. The Balaban J connectivity index is 1.64. The normalized spacial score (nSPS) is 16.2. The lowest BCUT2D eigenvalue weighted by Gasteiger charge is -2.13. The van der Waals surface area contributed by atoms with Gasteiger partial charge in [0, 0.05) is 18.8 Å². The summed E-state index contributed by atoms with van der Waals surface area (Å²) in [4.78, 5) is 0. The predicted molar refractivity (Wildman–Crippen MR) is 71.1 cm³/mol. The monoisotopic (exact) mass is 287 g/mol. The van der Waals surface area contributed by atoms with Gasteiger partial charge in [0.15, 0.2) is 0 Å². The average Bonchev–Trinajstić information content (AvgIpc) is 3.21. The van der Waals surface area contributed by atoms with Crippen LogP contribution in [-0.4, -0.2) is 37.6 Å². The highest BCUT2D eigenvalue weighted by Gasteiger charge is 2.21. The van der Waals surface area contributed by atoms with Crippen molar-refractivity contribution in [1.29, 1.82) is 0 Å². The summed E-state index contributed by atoms with van der Waals surface area (Å²) in [7, 11) is 0. The van der Waals surface area contributed by atoms with Gasteiger partial charge < -0.3 is 19.9 Å². The van der Waals surface area contributed by atoms with E-state index < -0.39 is 12.7 Å². The molecule has 2 N–H and O–H groups in total. The van der Waals surface area contributed by atoms with Crippen LogP contribution in [0.1, 0.15) is 12.8 Å². The Hall–Kier alpha value is -1.40. The van der Waals surface area contributed by atoms with Crippen molar-refractivity contribution in [3.05, 3.63) is 24.3 Å². The molecule has 0 bridgehead atoms. The number of alkyl halides is 2. The van der Waals surface area contributed by atoms with E-state index in [0.717, 1.165) is 12.3 Å². The largest absolute Gasteiger partial charge is 0.435 e. The zero-order valence-electron chi connectivity index (χ0n) is 11.1. The van der Waals surface area contributed by atoms with Crippen LogP contribution in [0.3, 0.4) is 0 Å². The summed E-state index contributed by atoms with van der Waals surface area (Å²) in [5.74, 6) is 0.788. The van der Waals surface area contributed by atoms with Gasteiger partial charge in [0.1, 0.15) is 5.75 Å². The maximum atomic E-state index is 12.0. The molecule has 4 nitrogen and oxygen atoms in total. The molecule has 1 atom stereocenters. The second-order valence-corrected chi connectivity index (χ2v) is 4.92. The van der Waals surface area contributed by atoms with E-state index in [0.29, 0.717) is 19.1 Å². The molecule has 0 aromatic heterocycles. The zero-order valence-corrected chi connectivity index (χ0v) is 11.1. The van der Waals surface area contributed by atoms with Gasteiger partial charge in [0.25, 0.3) is 0 Å². The molecule has 1 aromatic rings. The first kappa shape index (κ1) is 15.0. The first-order chi connectivity index (χ1) is 9.63. The van der Waals surface area contributed by atoms with Gasteiger partial charge in [-0.1, -0.05) is 0 Å². The van der Waals surface area contributed by atoms with E-state index in [9.17, 15) is 13.9 Å². The highest BCUT2D eigenvalue weighted by atomic mass is 19.3. The summed E-state index contributed by atoms with van der Waals surface area (Å²) in [6.45, 7) is -1.45. The number of benzene rings is 1. The number of hydrogen-bond acceptors (Lipinski definition) is 4. The summed E-state index contributed by atoms with van der Waals surface area (Å²) in [5.41, 5.74) is 0.729. The molecule has 0 aliphatic heterocycles. The maximum absolute atomic E-state index is 12.0. The number of halogens is 2. The van der Waals surface area contributed by atoms with Gasteiger partial charge in [0.05, 0.1) is 12.7 Å². The first-order valence-corrected chi connectivity index (χ1v) is 6.68. The summed E-state index contributed by atoms with van der Waals surface area (Å²) in [6.07, 6.45) is 1.86. The fourth-order valence-electron chi connectivity index (χ4n) is 1.70. The lowest BCUT2D eigenvalue weighted by Crippen LogP contribution is -2.25. The van der Waals surface area contributed by atoms with Crippen LogP contribution in [-0.2, 0) is 4.74 Å². The first-order valence-electron chi connectivity index (χ1n) is 6.68. The Morgan fingerprint density at radius 1 is 1.25 bits per heavy atom. The van der Waals surface area contributed by atoms with Crippen molar-refractivity contribution in [3.8, 4) is 5.75 Å². The van der Waals surface area contributed by atoms with Crippen LogP contribution in [0.4, 0.5) is 14.5 Å². The van der Waals surface area contributed by atoms with Crippen molar-refractivity contribution >= 4 is 5.69 Å². The summed E-state index contributed by atoms with van der Waals surface area (Å²) in [6, 6.07) is 6.14. The lowest BCUT2D eigenvalue weighted by molar-refractivity contribution is -0.0498. The molecule has 1 aliphatic rings. The van der Waals surface area contributed by atoms with Crippen molar-refractivity contribution in [2.24, 2.45) is 5.92 Å². The molecule has 20 heavy (non-hydrogen) atoms. The van der Waals surface area contributed by atoms with Crippen LogP contribution in [0.5, 0.6) is 5.75 Å². The Kier molecular flexibility index (Phi) is 5.55. The standard InChI is InChI=1S/C14H19F2NO3/c15-14(16)20-13-5-3-11(4-6-13)17-7-12(18)9-19-8-10-1-2-10/h3-6,10,12,14,17-18H,1-2,7-9H2. The molecule has 1 aliphatic carbocycles. The SMILES string of the molecule is OC(CNc1ccc(OC(F)F)cc1)COCC1CC1. The molecule has 112 valence electrons. The van der Waals surface area contributed by atoms with Crippen LogP contribution < -0.4 is 10.1 Å². The highest BCUT2D eigenvalue weighted by Crippen LogP contribution is 2.28. The smallest absolute Gasteiger partial charge is 0.387 e. The molecule has 0 saturated heterocycles. The summed E-state index contributed by atoms with van der Waals surface area (Å²) in [5, 5.41) is 12.7. The molecular weight excluding hydrogens is 268 g/mol. The molecule has 1 fully saturated rings. The van der Waals surface area contributed by atoms with Gasteiger partial charge in [-0.2, -0.15) is 8.78 Å². The fraction of sp³-hybridized carbons (Fsp3) is 0.571. The summed E-state index contributed by atoms with van der Waals surface area (Å²) >= 11 is 0. The minimum atomic E-state index is -2.82. The van der Waals surface area contributed by atoms with Crippen LogP contribution in [0.2, 0.25) is 0 Å². The quantitative estimate of drug-likeness (QED) is 0.732. The number of anilines is 1. The molecule has 1 saturated carbocycles. The average molecular weight is 287 g/mol. The van der Waals surface area contributed by atoms with Crippen LogP contribution in [0.25, 0.3) is 0 Å². The van der Waals surface area contributed by atoms with E-state index in [-0.39, 0.29) is 5.75 Å². The Morgan fingerprint density at radius 2 is 1.95 bits per heavy atom. The van der Waals surface area contributed by atoms with E-state index in [1.165, 1.54) is 25.0 Å². The van der Waals surface area contributed by atoms with Gasteiger partial charge in [-0.3, -0.25) is 0 Å². The van der Waals surface area contributed by atoms with E-state index in [1.807, 2.05) is 0 Å². The van der Waals surface area contributed by atoms with E-state index in [1.54, 1.807) is 12.1 Å². The molecule has 0 amide bonds. The van der Waals surface area contributed by atoms with Crippen LogP contribution in [0, 0.1) is 5.92 Å². The van der Waals surface area contributed by atoms with Gasteiger partial charge in [-0.05, 0) is 43.0 Å². The van der Waals surface area contributed by atoms with E-state index >= 15 is 0 Å². The third kappa shape index (κ3) is 5.71. The van der Waals surface area contributed by atoms with E-state index in [4.69, 9.17) is 4.74 Å². The molecule has 0 radical (unpaired) electrons. The third-order valence-electron chi connectivity index (χ3n) is 2.98. The Bertz CT molecular complexity index is 396. The minimum Gasteiger partial charge on any atom is -0.435 e. The number of rotatable bonds is 9.